The number of ether oxygens (including phenoxy) is 2. The number of hydrogen-bond acceptors (Lipinski definition) is 5. The van der Waals surface area contributed by atoms with Crippen molar-refractivity contribution >= 4 is 21.6 Å². The molecule has 2 aromatic carbocycles. The van der Waals surface area contributed by atoms with Crippen LogP contribution in [0.1, 0.15) is 50.5 Å². The average Bonchev–Trinajstić information content (AvgIpc) is 2.79. The third-order valence-electron chi connectivity index (χ3n) is 5.99. The van der Waals surface area contributed by atoms with Gasteiger partial charge in [-0.05, 0) is 49.6 Å². The van der Waals surface area contributed by atoms with Crippen LogP contribution >= 0.6 is 0 Å². The molecule has 0 heterocycles. The first kappa shape index (κ1) is 24.9. The summed E-state index contributed by atoms with van der Waals surface area (Å²) in [5.74, 6) is 0.414. The molecule has 0 unspecified atom stereocenters. The number of anilines is 1. The monoisotopic (exact) mass is 474 g/mol. The van der Waals surface area contributed by atoms with Gasteiger partial charge >= 0.3 is 0 Å². The summed E-state index contributed by atoms with van der Waals surface area (Å²) in [4.78, 5) is 13.1. The molecule has 33 heavy (non-hydrogen) atoms. The van der Waals surface area contributed by atoms with Gasteiger partial charge in [0.15, 0.2) is 0 Å². The second-order valence-corrected chi connectivity index (χ2v) is 10.3. The van der Waals surface area contributed by atoms with Crippen LogP contribution in [-0.2, 0) is 14.8 Å². The molecule has 1 aliphatic rings. The first-order valence-electron chi connectivity index (χ1n) is 11.5. The van der Waals surface area contributed by atoms with Crippen LogP contribution < -0.4 is 19.1 Å². The van der Waals surface area contributed by atoms with E-state index in [9.17, 15) is 13.2 Å². The van der Waals surface area contributed by atoms with Crippen molar-refractivity contribution in [3.05, 3.63) is 48.0 Å². The zero-order valence-electron chi connectivity index (χ0n) is 19.7. The van der Waals surface area contributed by atoms with Gasteiger partial charge < -0.3 is 14.8 Å². The van der Waals surface area contributed by atoms with Gasteiger partial charge in [-0.25, -0.2) is 8.42 Å². The van der Waals surface area contributed by atoms with Crippen molar-refractivity contribution in [3.8, 4) is 11.5 Å². The first-order chi connectivity index (χ1) is 15.8. The van der Waals surface area contributed by atoms with Gasteiger partial charge in [0.05, 0.1) is 19.9 Å². The standard InChI is InChI=1S/C25H34N2O5S/c1-19-14-15-23(32-3)24(16-19)33(29,30)27(21-12-9-13-22(17-21)31-2)18-25(28)26-20-10-7-5-4-6-8-11-20/h9,12-17,20H,4-8,10-11,18H2,1-3H3,(H,26,28). The maximum Gasteiger partial charge on any atom is 0.268 e. The average molecular weight is 475 g/mol. The van der Waals surface area contributed by atoms with E-state index >= 15 is 0 Å². The Labute approximate surface area is 197 Å². The Morgan fingerprint density at radius 3 is 2.36 bits per heavy atom. The van der Waals surface area contributed by atoms with Gasteiger partial charge in [-0.3, -0.25) is 9.10 Å². The third kappa shape index (κ3) is 6.41. The van der Waals surface area contributed by atoms with Gasteiger partial charge in [-0.15, -0.1) is 0 Å². The summed E-state index contributed by atoms with van der Waals surface area (Å²) in [5, 5.41) is 3.07. The lowest BCUT2D eigenvalue weighted by atomic mass is 9.97. The minimum absolute atomic E-state index is 0.0200. The molecule has 0 atom stereocenters. The highest BCUT2D eigenvalue weighted by Gasteiger charge is 2.31. The summed E-state index contributed by atoms with van der Waals surface area (Å²) in [6, 6.07) is 11.8. The molecule has 2 aromatic rings. The lowest BCUT2D eigenvalue weighted by Crippen LogP contribution is -2.44. The van der Waals surface area contributed by atoms with Crippen LogP contribution in [0.2, 0.25) is 0 Å². The van der Waals surface area contributed by atoms with Crippen LogP contribution in [0.5, 0.6) is 11.5 Å². The topological polar surface area (TPSA) is 84.9 Å². The molecule has 3 rings (SSSR count). The summed E-state index contributed by atoms with van der Waals surface area (Å²) in [5.41, 5.74) is 1.13. The molecule has 0 bridgehead atoms. The number of methoxy groups -OCH3 is 2. The van der Waals surface area contributed by atoms with Crippen molar-refractivity contribution in [2.24, 2.45) is 0 Å². The fourth-order valence-electron chi connectivity index (χ4n) is 4.19. The van der Waals surface area contributed by atoms with Crippen molar-refractivity contribution in [1.29, 1.82) is 0 Å². The van der Waals surface area contributed by atoms with Crippen molar-refractivity contribution in [2.45, 2.75) is 62.8 Å². The molecule has 1 saturated carbocycles. The molecule has 0 saturated heterocycles. The van der Waals surface area contributed by atoms with E-state index in [4.69, 9.17) is 9.47 Å². The number of benzene rings is 2. The van der Waals surface area contributed by atoms with E-state index < -0.39 is 10.0 Å². The van der Waals surface area contributed by atoms with Crippen molar-refractivity contribution in [3.63, 3.8) is 0 Å². The maximum atomic E-state index is 13.8. The second kappa shape index (κ2) is 11.4. The number of carbonyl (C=O) groups is 1. The first-order valence-corrected chi connectivity index (χ1v) is 12.9. The Morgan fingerprint density at radius 2 is 1.70 bits per heavy atom. The maximum absolute atomic E-state index is 13.8. The Hall–Kier alpha value is -2.74. The van der Waals surface area contributed by atoms with E-state index in [0.29, 0.717) is 11.4 Å². The van der Waals surface area contributed by atoms with E-state index in [1.807, 2.05) is 6.92 Å². The Bertz CT molecular complexity index is 1050. The largest absolute Gasteiger partial charge is 0.497 e. The van der Waals surface area contributed by atoms with Crippen molar-refractivity contribution < 1.29 is 22.7 Å². The summed E-state index contributed by atoms with van der Waals surface area (Å²) in [6.07, 6.45) is 7.56. The van der Waals surface area contributed by atoms with Gasteiger partial charge in [0.1, 0.15) is 22.9 Å². The molecule has 0 radical (unpaired) electrons. The molecule has 0 aromatic heterocycles. The van der Waals surface area contributed by atoms with Gasteiger partial charge in [0.25, 0.3) is 10.0 Å². The molecular formula is C25H34N2O5S. The Kier molecular flexibility index (Phi) is 8.61. The molecule has 1 aliphatic carbocycles. The fourth-order valence-corrected chi connectivity index (χ4v) is 5.85. The molecule has 180 valence electrons. The van der Waals surface area contributed by atoms with E-state index in [1.165, 1.54) is 33.5 Å². The van der Waals surface area contributed by atoms with Crippen LogP contribution in [0.3, 0.4) is 0 Å². The SMILES string of the molecule is COc1cccc(N(CC(=O)NC2CCCCCCC2)S(=O)(=O)c2cc(C)ccc2OC)c1. The van der Waals surface area contributed by atoms with Gasteiger partial charge in [0, 0.05) is 12.1 Å². The van der Waals surface area contributed by atoms with Gasteiger partial charge in [-0.2, -0.15) is 0 Å². The van der Waals surface area contributed by atoms with E-state index in [-0.39, 0.29) is 29.1 Å². The summed E-state index contributed by atoms with van der Waals surface area (Å²) >= 11 is 0. The highest BCUT2D eigenvalue weighted by Crippen LogP contribution is 2.32. The highest BCUT2D eigenvalue weighted by molar-refractivity contribution is 7.93. The van der Waals surface area contributed by atoms with Crippen LogP contribution in [0.25, 0.3) is 0 Å². The predicted molar refractivity (Wildman–Crippen MR) is 130 cm³/mol. The molecule has 8 heteroatoms. The van der Waals surface area contributed by atoms with Crippen LogP contribution in [-0.4, -0.2) is 41.1 Å². The number of aryl methyl sites for hydroxylation is 1. The Balaban J connectivity index is 1.94. The van der Waals surface area contributed by atoms with E-state index in [1.54, 1.807) is 42.5 Å². The van der Waals surface area contributed by atoms with Crippen LogP contribution in [0, 0.1) is 6.92 Å². The van der Waals surface area contributed by atoms with Crippen molar-refractivity contribution in [1.82, 2.24) is 5.32 Å². The number of carbonyl (C=O) groups excluding carboxylic acids is 1. The number of amides is 1. The number of nitrogens with one attached hydrogen (secondary N) is 1. The van der Waals surface area contributed by atoms with Gasteiger partial charge in [0.2, 0.25) is 5.91 Å². The normalized spacial score (nSPS) is 15.2. The van der Waals surface area contributed by atoms with E-state index in [2.05, 4.69) is 5.32 Å². The molecule has 0 spiro atoms. The Morgan fingerprint density at radius 1 is 1.00 bits per heavy atom. The molecule has 1 fully saturated rings. The third-order valence-corrected chi connectivity index (χ3v) is 7.78. The zero-order valence-corrected chi connectivity index (χ0v) is 20.5. The highest BCUT2D eigenvalue weighted by atomic mass is 32.2. The fraction of sp³-hybridized carbons (Fsp3) is 0.480. The minimum Gasteiger partial charge on any atom is -0.497 e. The van der Waals surface area contributed by atoms with E-state index in [0.717, 1.165) is 35.6 Å². The number of hydrogen-bond donors (Lipinski definition) is 1. The quantitative estimate of drug-likeness (QED) is 0.612. The molecule has 1 N–H and O–H groups in total. The number of rotatable bonds is 8. The second-order valence-electron chi connectivity index (χ2n) is 8.48. The zero-order chi connectivity index (χ0) is 23.8. The molecule has 1 amide bonds. The minimum atomic E-state index is -4.10. The number of nitrogens with zero attached hydrogens (tertiary/aromatic N) is 1. The van der Waals surface area contributed by atoms with Gasteiger partial charge in [-0.1, -0.05) is 44.2 Å². The molecular weight excluding hydrogens is 440 g/mol. The summed E-state index contributed by atoms with van der Waals surface area (Å²) < 4.78 is 39.4. The van der Waals surface area contributed by atoms with Crippen LogP contribution in [0.15, 0.2) is 47.4 Å². The number of sulfonamides is 1. The summed E-state index contributed by atoms with van der Waals surface area (Å²) in [6.45, 7) is 1.48. The predicted octanol–water partition coefficient (Wildman–Crippen LogP) is 4.44. The smallest absolute Gasteiger partial charge is 0.268 e. The van der Waals surface area contributed by atoms with Crippen molar-refractivity contribution in [2.75, 3.05) is 25.1 Å². The lowest BCUT2D eigenvalue weighted by molar-refractivity contribution is -0.120. The molecule has 7 nitrogen and oxygen atoms in total. The summed E-state index contributed by atoms with van der Waals surface area (Å²) in [7, 11) is -1.15. The lowest BCUT2D eigenvalue weighted by Gasteiger charge is -2.27. The van der Waals surface area contributed by atoms with Crippen LogP contribution in [0.4, 0.5) is 5.69 Å². The molecule has 0 aliphatic heterocycles.